The van der Waals surface area contributed by atoms with Crippen molar-refractivity contribution in [2.75, 3.05) is 13.1 Å². The van der Waals surface area contributed by atoms with E-state index < -0.39 is 10.0 Å². The van der Waals surface area contributed by atoms with Crippen LogP contribution in [-0.4, -0.2) is 44.9 Å². The molecular formula is C17H25N5O3S. The third-order valence-corrected chi connectivity index (χ3v) is 6.60. The first-order chi connectivity index (χ1) is 12.3. The van der Waals surface area contributed by atoms with Crippen molar-refractivity contribution in [2.24, 2.45) is 13.0 Å². The van der Waals surface area contributed by atoms with Gasteiger partial charge in [0.2, 0.25) is 0 Å². The number of aryl methyl sites for hydroxylation is 1. The molecule has 0 N–H and O–H groups in total. The van der Waals surface area contributed by atoms with Crippen LogP contribution < -0.4 is 5.56 Å². The normalized spacial score (nSPS) is 17.1. The SMILES string of the molecule is CC(C)c1nc(S(=O)(=O)N2CCC(Cn3cnccc3=O)CC2)cn1C. The van der Waals surface area contributed by atoms with Crippen molar-refractivity contribution in [3.63, 3.8) is 0 Å². The number of sulfonamides is 1. The van der Waals surface area contributed by atoms with Gasteiger partial charge in [-0.05, 0) is 18.8 Å². The van der Waals surface area contributed by atoms with Crippen LogP contribution in [0.1, 0.15) is 38.4 Å². The molecule has 3 rings (SSSR count). The van der Waals surface area contributed by atoms with Crippen LogP contribution in [0.25, 0.3) is 0 Å². The lowest BCUT2D eigenvalue weighted by molar-refractivity contribution is 0.250. The number of piperidine rings is 1. The van der Waals surface area contributed by atoms with Gasteiger partial charge in [-0.3, -0.25) is 9.36 Å². The smallest absolute Gasteiger partial charge is 0.262 e. The Labute approximate surface area is 153 Å². The van der Waals surface area contributed by atoms with E-state index in [0.29, 0.717) is 32.5 Å². The zero-order chi connectivity index (χ0) is 18.9. The molecule has 0 aliphatic carbocycles. The molecule has 1 aliphatic rings. The average molecular weight is 379 g/mol. The summed E-state index contributed by atoms with van der Waals surface area (Å²) in [6.45, 7) is 5.43. The molecule has 1 saturated heterocycles. The molecule has 1 aliphatic heterocycles. The largest absolute Gasteiger partial charge is 0.336 e. The Morgan fingerprint density at radius 3 is 2.54 bits per heavy atom. The number of rotatable bonds is 5. The minimum absolute atomic E-state index is 0.0789. The van der Waals surface area contributed by atoms with Gasteiger partial charge in [0.1, 0.15) is 5.82 Å². The summed E-state index contributed by atoms with van der Waals surface area (Å²) in [6, 6.07) is 1.44. The minimum atomic E-state index is -3.58. The van der Waals surface area contributed by atoms with Gasteiger partial charge in [0.15, 0.2) is 5.03 Å². The summed E-state index contributed by atoms with van der Waals surface area (Å²) in [4.78, 5) is 20.1. The third-order valence-electron chi connectivity index (χ3n) is 4.83. The highest BCUT2D eigenvalue weighted by molar-refractivity contribution is 7.89. The van der Waals surface area contributed by atoms with E-state index in [-0.39, 0.29) is 22.4 Å². The van der Waals surface area contributed by atoms with Crippen molar-refractivity contribution in [3.05, 3.63) is 41.0 Å². The van der Waals surface area contributed by atoms with E-state index in [2.05, 4.69) is 9.97 Å². The van der Waals surface area contributed by atoms with Gasteiger partial charge in [0, 0.05) is 51.1 Å². The molecule has 8 nitrogen and oxygen atoms in total. The predicted octanol–water partition coefficient (Wildman–Crippen LogP) is 1.20. The zero-order valence-electron chi connectivity index (χ0n) is 15.4. The number of imidazole rings is 1. The van der Waals surface area contributed by atoms with E-state index in [0.717, 1.165) is 5.82 Å². The van der Waals surface area contributed by atoms with Crippen molar-refractivity contribution < 1.29 is 8.42 Å². The van der Waals surface area contributed by atoms with E-state index in [1.54, 1.807) is 15.3 Å². The van der Waals surface area contributed by atoms with Crippen LogP contribution in [0.15, 0.2) is 34.6 Å². The molecule has 142 valence electrons. The first kappa shape index (κ1) is 18.8. The summed E-state index contributed by atoms with van der Waals surface area (Å²) in [6.07, 6.45) is 6.03. The molecule has 0 bridgehead atoms. The molecule has 0 amide bonds. The molecule has 0 atom stereocenters. The molecular weight excluding hydrogens is 354 g/mol. The first-order valence-corrected chi connectivity index (χ1v) is 10.3. The van der Waals surface area contributed by atoms with Crippen molar-refractivity contribution in [1.29, 1.82) is 0 Å². The van der Waals surface area contributed by atoms with E-state index in [4.69, 9.17) is 0 Å². The van der Waals surface area contributed by atoms with Crippen molar-refractivity contribution >= 4 is 10.0 Å². The van der Waals surface area contributed by atoms with Gasteiger partial charge < -0.3 is 4.57 Å². The molecule has 3 heterocycles. The summed E-state index contributed by atoms with van der Waals surface area (Å²) < 4.78 is 30.6. The Hall–Kier alpha value is -2.00. The Morgan fingerprint density at radius 2 is 1.96 bits per heavy atom. The number of hydrogen-bond donors (Lipinski definition) is 0. The summed E-state index contributed by atoms with van der Waals surface area (Å²) in [5, 5.41) is 0.116. The second-order valence-corrected chi connectivity index (χ2v) is 9.01. The Bertz CT molecular complexity index is 924. The molecule has 0 spiro atoms. The van der Waals surface area contributed by atoms with E-state index in [1.807, 2.05) is 20.9 Å². The summed E-state index contributed by atoms with van der Waals surface area (Å²) in [5.41, 5.74) is -0.0789. The van der Waals surface area contributed by atoms with Gasteiger partial charge in [-0.25, -0.2) is 18.4 Å². The number of aromatic nitrogens is 4. The molecule has 0 saturated carbocycles. The predicted molar refractivity (Wildman–Crippen MR) is 97.3 cm³/mol. The molecule has 2 aromatic rings. The molecule has 0 aromatic carbocycles. The van der Waals surface area contributed by atoms with Crippen molar-refractivity contribution in [1.82, 2.24) is 23.4 Å². The fourth-order valence-electron chi connectivity index (χ4n) is 3.37. The molecule has 0 radical (unpaired) electrons. The highest BCUT2D eigenvalue weighted by Gasteiger charge is 2.32. The summed E-state index contributed by atoms with van der Waals surface area (Å²) >= 11 is 0. The fraction of sp³-hybridized carbons (Fsp3) is 0.588. The maximum Gasteiger partial charge on any atom is 0.262 e. The molecule has 2 aromatic heterocycles. The summed E-state index contributed by atoms with van der Waals surface area (Å²) in [5.74, 6) is 1.18. The number of hydrogen-bond acceptors (Lipinski definition) is 5. The quantitative estimate of drug-likeness (QED) is 0.779. The second-order valence-electron chi connectivity index (χ2n) is 7.12. The van der Waals surface area contributed by atoms with Crippen molar-refractivity contribution in [3.8, 4) is 0 Å². The third kappa shape index (κ3) is 3.73. The van der Waals surface area contributed by atoms with Crippen LogP contribution in [0.4, 0.5) is 0 Å². The van der Waals surface area contributed by atoms with Crippen LogP contribution in [-0.2, 0) is 23.6 Å². The van der Waals surface area contributed by atoms with E-state index >= 15 is 0 Å². The van der Waals surface area contributed by atoms with Gasteiger partial charge >= 0.3 is 0 Å². The highest BCUT2D eigenvalue weighted by Crippen LogP contribution is 2.25. The van der Waals surface area contributed by atoms with E-state index in [1.165, 1.54) is 22.9 Å². The van der Waals surface area contributed by atoms with Crippen LogP contribution in [0, 0.1) is 5.92 Å². The van der Waals surface area contributed by atoms with Crippen molar-refractivity contribution in [2.45, 2.75) is 44.2 Å². The fourth-order valence-corrected chi connectivity index (χ4v) is 4.83. The monoisotopic (exact) mass is 379 g/mol. The average Bonchev–Trinajstić information content (AvgIpc) is 3.00. The highest BCUT2D eigenvalue weighted by atomic mass is 32.2. The van der Waals surface area contributed by atoms with Crippen LogP contribution in [0.5, 0.6) is 0 Å². The Morgan fingerprint density at radius 1 is 1.27 bits per heavy atom. The number of nitrogens with zero attached hydrogens (tertiary/aromatic N) is 5. The lowest BCUT2D eigenvalue weighted by Crippen LogP contribution is -2.40. The van der Waals surface area contributed by atoms with Crippen LogP contribution in [0.2, 0.25) is 0 Å². The topological polar surface area (TPSA) is 90.1 Å². The molecule has 0 unspecified atom stereocenters. The van der Waals surface area contributed by atoms with Gasteiger partial charge in [-0.2, -0.15) is 4.31 Å². The Kier molecular flexibility index (Phi) is 5.29. The summed E-state index contributed by atoms with van der Waals surface area (Å²) in [7, 11) is -1.76. The second kappa shape index (κ2) is 7.32. The lowest BCUT2D eigenvalue weighted by atomic mass is 9.98. The zero-order valence-corrected chi connectivity index (χ0v) is 16.2. The maximum atomic E-state index is 12.9. The lowest BCUT2D eigenvalue weighted by Gasteiger charge is -2.30. The van der Waals surface area contributed by atoms with Gasteiger partial charge in [0.25, 0.3) is 15.6 Å². The van der Waals surface area contributed by atoms with Gasteiger partial charge in [0.05, 0.1) is 6.33 Å². The maximum absolute atomic E-state index is 12.9. The first-order valence-electron chi connectivity index (χ1n) is 8.83. The standard InChI is InChI=1S/C17H25N5O3S/c1-13(2)17-19-15(11-20(17)3)26(24,25)22-8-5-14(6-9-22)10-21-12-18-7-4-16(21)23/h4,7,11-14H,5-6,8-10H2,1-3H3. The van der Waals surface area contributed by atoms with E-state index in [9.17, 15) is 13.2 Å². The van der Waals surface area contributed by atoms with Crippen LogP contribution >= 0.6 is 0 Å². The molecule has 26 heavy (non-hydrogen) atoms. The van der Waals surface area contributed by atoms with Crippen LogP contribution in [0.3, 0.4) is 0 Å². The Balaban J connectivity index is 1.68. The van der Waals surface area contributed by atoms with Gasteiger partial charge in [-0.1, -0.05) is 13.8 Å². The molecule has 9 heteroatoms. The molecule has 1 fully saturated rings. The minimum Gasteiger partial charge on any atom is -0.336 e. The van der Waals surface area contributed by atoms with Gasteiger partial charge in [-0.15, -0.1) is 0 Å².